The van der Waals surface area contributed by atoms with Gasteiger partial charge >= 0.3 is 6.03 Å². The van der Waals surface area contributed by atoms with Gasteiger partial charge in [-0.25, -0.2) is 9.18 Å². The molecule has 1 aliphatic rings. The Bertz CT molecular complexity index is 833. The van der Waals surface area contributed by atoms with Crippen LogP contribution >= 0.6 is 0 Å². The number of rotatable bonds is 6. The summed E-state index contributed by atoms with van der Waals surface area (Å²) < 4.78 is 29.9. The Balaban J connectivity index is 1.83. The number of hydrogen-bond donors (Lipinski definition) is 2. The molecule has 2 aromatic carbocycles. The lowest BCUT2D eigenvalue weighted by Crippen LogP contribution is -2.50. The van der Waals surface area contributed by atoms with E-state index in [0.717, 1.165) is 5.56 Å². The van der Waals surface area contributed by atoms with Gasteiger partial charge in [0.2, 0.25) is 0 Å². The topological polar surface area (TPSA) is 68.8 Å². The number of nitrogens with one attached hydrogen (secondary N) is 2. The van der Waals surface area contributed by atoms with Crippen LogP contribution in [0.2, 0.25) is 0 Å². The zero-order valence-corrected chi connectivity index (χ0v) is 17.0. The number of carbonyl (C=O) groups is 1. The molecule has 0 aromatic heterocycles. The van der Waals surface area contributed by atoms with Gasteiger partial charge in [0.1, 0.15) is 17.3 Å². The Hall–Kier alpha value is -2.80. The van der Waals surface area contributed by atoms with E-state index in [9.17, 15) is 9.18 Å². The zero-order valence-electron chi connectivity index (χ0n) is 17.0. The minimum absolute atomic E-state index is 0.0481. The van der Waals surface area contributed by atoms with E-state index < -0.39 is 5.54 Å². The number of amides is 2. The standard InChI is InChI=1S/C22H27FN2O4/c1-15(2)29-20-9-8-18(27-3)14-19(20)24-21(26)25-22(10-12-28-13-11-22)16-4-6-17(23)7-5-16/h4-9,14-15H,10-13H2,1-3H3,(H2,24,25,26). The highest BCUT2D eigenvalue weighted by Crippen LogP contribution is 2.34. The Morgan fingerprint density at radius 2 is 1.83 bits per heavy atom. The first-order valence-corrected chi connectivity index (χ1v) is 9.69. The minimum Gasteiger partial charge on any atom is -0.497 e. The fraction of sp³-hybridized carbons (Fsp3) is 0.409. The fourth-order valence-electron chi connectivity index (χ4n) is 3.44. The molecule has 0 atom stereocenters. The van der Waals surface area contributed by atoms with Crippen LogP contribution in [0.15, 0.2) is 42.5 Å². The maximum atomic E-state index is 13.4. The maximum absolute atomic E-state index is 13.4. The van der Waals surface area contributed by atoms with Crippen LogP contribution in [-0.4, -0.2) is 32.5 Å². The van der Waals surface area contributed by atoms with Crippen molar-refractivity contribution in [3.63, 3.8) is 0 Å². The van der Waals surface area contributed by atoms with Crippen LogP contribution in [-0.2, 0) is 10.3 Å². The number of anilines is 1. The lowest BCUT2D eigenvalue weighted by molar-refractivity contribution is 0.0417. The number of benzene rings is 2. The molecule has 2 N–H and O–H groups in total. The van der Waals surface area contributed by atoms with E-state index >= 15 is 0 Å². The number of methoxy groups -OCH3 is 1. The van der Waals surface area contributed by atoms with E-state index in [2.05, 4.69) is 10.6 Å². The second kappa shape index (κ2) is 9.13. The fourth-order valence-corrected chi connectivity index (χ4v) is 3.44. The van der Waals surface area contributed by atoms with Crippen molar-refractivity contribution in [3.8, 4) is 11.5 Å². The first kappa shape index (κ1) is 20.9. The molecule has 0 spiro atoms. The largest absolute Gasteiger partial charge is 0.497 e. The van der Waals surface area contributed by atoms with Crippen molar-refractivity contribution in [1.29, 1.82) is 0 Å². The van der Waals surface area contributed by atoms with Gasteiger partial charge in [-0.2, -0.15) is 0 Å². The highest BCUT2D eigenvalue weighted by molar-refractivity contribution is 5.91. The summed E-state index contributed by atoms with van der Waals surface area (Å²) in [5.41, 5.74) is 0.729. The summed E-state index contributed by atoms with van der Waals surface area (Å²) in [6, 6.07) is 11.1. The lowest BCUT2D eigenvalue weighted by Gasteiger charge is -2.38. The number of carbonyl (C=O) groups excluding carboxylic acids is 1. The molecule has 0 saturated carbocycles. The third-order valence-corrected chi connectivity index (χ3v) is 4.89. The van der Waals surface area contributed by atoms with Crippen molar-refractivity contribution in [2.24, 2.45) is 0 Å². The second-order valence-electron chi connectivity index (χ2n) is 7.31. The number of hydrogen-bond acceptors (Lipinski definition) is 4. The number of ether oxygens (including phenoxy) is 3. The molecule has 156 valence electrons. The van der Waals surface area contributed by atoms with Crippen LogP contribution in [0.3, 0.4) is 0 Å². The Kier molecular flexibility index (Phi) is 6.59. The van der Waals surface area contributed by atoms with E-state index in [1.807, 2.05) is 13.8 Å². The Morgan fingerprint density at radius 3 is 2.45 bits per heavy atom. The summed E-state index contributed by atoms with van der Waals surface area (Å²) in [5, 5.41) is 5.96. The summed E-state index contributed by atoms with van der Waals surface area (Å²) in [6.45, 7) is 4.86. The van der Waals surface area contributed by atoms with Crippen molar-refractivity contribution in [2.75, 3.05) is 25.6 Å². The molecule has 29 heavy (non-hydrogen) atoms. The zero-order chi connectivity index (χ0) is 20.9. The van der Waals surface area contributed by atoms with Crippen LogP contribution in [0.25, 0.3) is 0 Å². The Labute approximate surface area is 170 Å². The molecule has 1 heterocycles. The van der Waals surface area contributed by atoms with Gasteiger partial charge in [-0.15, -0.1) is 0 Å². The van der Waals surface area contributed by atoms with E-state index in [1.54, 1.807) is 37.4 Å². The monoisotopic (exact) mass is 402 g/mol. The molecule has 2 aromatic rings. The van der Waals surface area contributed by atoms with Crippen molar-refractivity contribution in [3.05, 3.63) is 53.8 Å². The molecule has 0 aliphatic carbocycles. The molecule has 2 amide bonds. The van der Waals surface area contributed by atoms with Crippen LogP contribution in [0.5, 0.6) is 11.5 Å². The van der Waals surface area contributed by atoms with Crippen LogP contribution in [0.4, 0.5) is 14.9 Å². The van der Waals surface area contributed by atoms with Crippen LogP contribution in [0.1, 0.15) is 32.3 Å². The smallest absolute Gasteiger partial charge is 0.320 e. The number of urea groups is 1. The van der Waals surface area contributed by atoms with E-state index in [4.69, 9.17) is 14.2 Å². The molecule has 1 saturated heterocycles. The highest BCUT2D eigenvalue weighted by atomic mass is 19.1. The molecule has 0 radical (unpaired) electrons. The first-order chi connectivity index (χ1) is 13.9. The summed E-state index contributed by atoms with van der Waals surface area (Å²) >= 11 is 0. The third kappa shape index (κ3) is 5.17. The van der Waals surface area contributed by atoms with Crippen LogP contribution < -0.4 is 20.1 Å². The first-order valence-electron chi connectivity index (χ1n) is 9.69. The molecule has 1 aliphatic heterocycles. The summed E-state index contributed by atoms with van der Waals surface area (Å²) in [5.74, 6) is 0.849. The second-order valence-corrected chi connectivity index (χ2v) is 7.31. The molecular formula is C22H27FN2O4. The third-order valence-electron chi connectivity index (χ3n) is 4.89. The van der Waals surface area contributed by atoms with Gasteiger partial charge in [0, 0.05) is 19.3 Å². The van der Waals surface area contributed by atoms with E-state index in [1.165, 1.54) is 12.1 Å². The van der Waals surface area contributed by atoms with Crippen LogP contribution in [0, 0.1) is 5.82 Å². The summed E-state index contributed by atoms with van der Waals surface area (Å²) in [7, 11) is 1.56. The SMILES string of the molecule is COc1ccc(OC(C)C)c(NC(=O)NC2(c3ccc(F)cc3)CCOCC2)c1. The van der Waals surface area contributed by atoms with Gasteiger partial charge < -0.3 is 24.8 Å². The molecule has 7 heteroatoms. The van der Waals surface area contributed by atoms with Crippen molar-refractivity contribution in [2.45, 2.75) is 38.3 Å². The predicted molar refractivity (Wildman–Crippen MR) is 109 cm³/mol. The van der Waals surface area contributed by atoms with Gasteiger partial charge in [-0.1, -0.05) is 12.1 Å². The molecule has 0 unspecified atom stereocenters. The summed E-state index contributed by atoms with van der Waals surface area (Å²) in [6.07, 6.45) is 1.15. The van der Waals surface area contributed by atoms with Gasteiger partial charge in [-0.3, -0.25) is 0 Å². The van der Waals surface area contributed by atoms with Gasteiger partial charge in [0.25, 0.3) is 0 Å². The molecule has 1 fully saturated rings. The molecule has 0 bridgehead atoms. The lowest BCUT2D eigenvalue weighted by atomic mass is 9.83. The van der Waals surface area contributed by atoms with Crippen molar-refractivity contribution >= 4 is 11.7 Å². The summed E-state index contributed by atoms with van der Waals surface area (Å²) in [4.78, 5) is 12.9. The minimum atomic E-state index is -0.631. The molecule has 6 nitrogen and oxygen atoms in total. The average molecular weight is 402 g/mol. The normalized spacial score (nSPS) is 15.6. The Morgan fingerprint density at radius 1 is 1.14 bits per heavy atom. The highest BCUT2D eigenvalue weighted by Gasteiger charge is 2.36. The van der Waals surface area contributed by atoms with Gasteiger partial charge in [0.15, 0.2) is 0 Å². The van der Waals surface area contributed by atoms with Crippen molar-refractivity contribution < 1.29 is 23.4 Å². The average Bonchev–Trinajstić information content (AvgIpc) is 2.70. The van der Waals surface area contributed by atoms with E-state index in [0.29, 0.717) is 43.2 Å². The van der Waals surface area contributed by atoms with Crippen molar-refractivity contribution in [1.82, 2.24) is 5.32 Å². The van der Waals surface area contributed by atoms with Gasteiger partial charge in [0.05, 0.1) is 24.4 Å². The maximum Gasteiger partial charge on any atom is 0.320 e. The predicted octanol–water partition coefficient (Wildman–Crippen LogP) is 4.45. The quantitative estimate of drug-likeness (QED) is 0.749. The number of halogens is 1. The van der Waals surface area contributed by atoms with E-state index in [-0.39, 0.29) is 18.0 Å². The molecule has 3 rings (SSSR count). The van der Waals surface area contributed by atoms with Gasteiger partial charge in [-0.05, 0) is 56.5 Å². The molecular weight excluding hydrogens is 375 g/mol.